The fourth-order valence-electron chi connectivity index (χ4n) is 3.52. The molecule has 6 heteroatoms. The molecule has 0 unspecified atom stereocenters. The number of hydrogen-bond acceptors (Lipinski definition) is 0. The molecule has 0 heterocycles. The van der Waals surface area contributed by atoms with Crippen LogP contribution in [0.1, 0.15) is 53.4 Å². The summed E-state index contributed by atoms with van der Waals surface area (Å²) in [6.45, 7) is 8.94. The van der Waals surface area contributed by atoms with Crippen molar-refractivity contribution in [3.63, 3.8) is 0 Å². The first kappa shape index (κ1) is 31.8. The van der Waals surface area contributed by atoms with Crippen molar-refractivity contribution < 1.29 is 67.4 Å². The van der Waals surface area contributed by atoms with Crippen LogP contribution in [0.5, 0.6) is 0 Å². The molecule has 0 saturated carbocycles. The average molecular weight is 656 g/mol. The Kier molecular flexibility index (Phi) is 16.9. The molecule has 0 nitrogen and oxygen atoms in total. The second-order valence-electron chi connectivity index (χ2n) is 7.55. The van der Waals surface area contributed by atoms with Gasteiger partial charge < -0.3 is 24.8 Å². The summed E-state index contributed by atoms with van der Waals surface area (Å²) < 4.78 is 5.38. The van der Waals surface area contributed by atoms with Gasteiger partial charge in [-0.2, -0.15) is 0 Å². The molecule has 0 radical (unpaired) electrons. The van der Waals surface area contributed by atoms with Crippen molar-refractivity contribution in [1.29, 1.82) is 0 Å². The van der Waals surface area contributed by atoms with Crippen LogP contribution >= 0.6 is 17.0 Å². The summed E-state index contributed by atoms with van der Waals surface area (Å²) in [5.74, 6) is 0. The molecule has 167 valence electrons. The van der Waals surface area contributed by atoms with Gasteiger partial charge >= 0.3 is 120 Å². The van der Waals surface area contributed by atoms with Gasteiger partial charge in [0.15, 0.2) is 0 Å². The quantitative estimate of drug-likeness (QED) is 0.439. The second-order valence-corrected chi connectivity index (χ2v) is 18.8. The zero-order chi connectivity index (χ0) is 21.4. The molecule has 0 spiro atoms. The summed E-state index contributed by atoms with van der Waals surface area (Å²) in [7, 11) is 11.5. The Balaban J connectivity index is 0.000000457. The van der Waals surface area contributed by atoms with Gasteiger partial charge in [0, 0.05) is 0 Å². The van der Waals surface area contributed by atoms with Crippen LogP contribution in [0.2, 0.25) is 4.63 Å². The summed E-state index contributed by atoms with van der Waals surface area (Å²) in [5.41, 5.74) is 9.08. The van der Waals surface area contributed by atoms with E-state index >= 15 is 0 Å². The van der Waals surface area contributed by atoms with Crippen molar-refractivity contribution in [2.24, 2.45) is 0 Å². The second kappa shape index (κ2) is 16.5. The summed E-state index contributed by atoms with van der Waals surface area (Å²) in [5, 5.41) is 0. The van der Waals surface area contributed by atoms with Gasteiger partial charge in [0.1, 0.15) is 0 Å². The summed E-state index contributed by atoms with van der Waals surface area (Å²) in [6, 6.07) is 0. The van der Waals surface area contributed by atoms with E-state index in [2.05, 4.69) is 68.8 Å². The molecular formula is C25H31Cl4Zr2. The van der Waals surface area contributed by atoms with Crippen molar-refractivity contribution in [3.05, 3.63) is 88.6 Å². The zero-order valence-electron chi connectivity index (χ0n) is 19.0. The van der Waals surface area contributed by atoms with Gasteiger partial charge in [-0.25, -0.2) is 0 Å². The molecule has 0 N–H and O–H groups in total. The molecule has 0 aromatic carbocycles. The van der Waals surface area contributed by atoms with Gasteiger partial charge in [-0.1, -0.05) is 23.3 Å². The molecule has 31 heavy (non-hydrogen) atoms. The Morgan fingerprint density at radius 3 is 1.45 bits per heavy atom. The van der Waals surface area contributed by atoms with Crippen molar-refractivity contribution in [1.82, 2.24) is 0 Å². The van der Waals surface area contributed by atoms with Crippen molar-refractivity contribution >= 4 is 17.0 Å². The van der Waals surface area contributed by atoms with Crippen molar-refractivity contribution in [2.75, 3.05) is 0 Å². The van der Waals surface area contributed by atoms with E-state index in [0.29, 0.717) is 0 Å². The van der Waals surface area contributed by atoms with Gasteiger partial charge in [-0.05, 0) is 62.8 Å². The van der Waals surface area contributed by atoms with E-state index in [4.69, 9.17) is 17.0 Å². The predicted molar refractivity (Wildman–Crippen MR) is 123 cm³/mol. The van der Waals surface area contributed by atoms with Gasteiger partial charge in [0.2, 0.25) is 0 Å². The first-order valence-electron chi connectivity index (χ1n) is 10.2. The van der Waals surface area contributed by atoms with E-state index in [-0.39, 0.29) is 48.0 Å². The molecular weight excluding hydrogens is 625 g/mol. The van der Waals surface area contributed by atoms with Crippen LogP contribution in [0.3, 0.4) is 0 Å². The number of allylic oxidation sites excluding steroid dienone is 16. The molecule has 0 aliphatic heterocycles. The van der Waals surface area contributed by atoms with E-state index in [9.17, 15) is 0 Å². The summed E-state index contributed by atoms with van der Waals surface area (Å²) in [6.07, 6.45) is 22.1. The van der Waals surface area contributed by atoms with E-state index in [1.807, 2.05) is 12.2 Å². The summed E-state index contributed by atoms with van der Waals surface area (Å²) >= 11 is -2.01. The van der Waals surface area contributed by atoms with Gasteiger partial charge in [0.25, 0.3) is 0 Å². The third kappa shape index (κ3) is 9.93. The molecule has 0 atom stereocenters. The molecule has 0 aromatic rings. The van der Waals surface area contributed by atoms with E-state index in [1.165, 1.54) is 32.0 Å². The third-order valence-electron chi connectivity index (χ3n) is 5.78. The molecule has 0 fully saturated rings. The molecule has 0 saturated heterocycles. The first-order valence-corrected chi connectivity index (χ1v) is 21.4. The standard InChI is InChI=1S/C14H18.2C5H5.CH3.4ClH.2Zr/c1-9-5-7-13(11(9)3)14-8-6-10(2)12(14)4;2*1-2-4-5-3-1;;;;;;;/h5-6H,7-8H2,1-4H3;2*1-3H,4H2;1H3;4*1H;;/q;;;;;;;;2*+2/p-4. The van der Waals surface area contributed by atoms with Gasteiger partial charge in [-0.15, -0.1) is 0 Å². The van der Waals surface area contributed by atoms with Crippen LogP contribution in [0.15, 0.2) is 88.6 Å². The zero-order valence-corrected chi connectivity index (χ0v) is 26.9. The molecule has 0 aromatic heterocycles. The Hall–Kier alpha value is 0.846. The normalized spacial score (nSPS) is 17.9. The molecule has 4 aliphatic rings. The van der Waals surface area contributed by atoms with E-state index < -0.39 is 19.4 Å². The maximum atomic E-state index is 5.74. The Labute approximate surface area is 228 Å². The molecule has 0 bridgehead atoms. The fraction of sp³-hybridized carbons (Fsp3) is 0.360. The SMILES string of the molecule is CC1=CCC(C2=C(C)C(C)=CC2)=C1C.[CH3][Zr+2][C]1=CC=CC1.[Cl-].[Cl-].[Cl][Zr]([Cl])[C]1=CC=CC1. The molecule has 4 aliphatic carbocycles. The topological polar surface area (TPSA) is 0 Å². The van der Waals surface area contributed by atoms with Crippen molar-refractivity contribution in [3.8, 4) is 0 Å². The van der Waals surface area contributed by atoms with Crippen LogP contribution in [0, 0.1) is 0 Å². The predicted octanol–water partition coefficient (Wildman–Crippen LogP) is 3.04. The summed E-state index contributed by atoms with van der Waals surface area (Å²) in [4.78, 5) is 0. The van der Waals surface area contributed by atoms with Gasteiger partial charge in [-0.3, -0.25) is 0 Å². The van der Waals surface area contributed by atoms with Crippen LogP contribution in [-0.2, 0) is 42.6 Å². The Bertz CT molecular complexity index is 826. The Morgan fingerprint density at radius 2 is 1.23 bits per heavy atom. The van der Waals surface area contributed by atoms with Crippen molar-refractivity contribution in [2.45, 2.75) is 58.0 Å². The van der Waals surface area contributed by atoms with Crippen LogP contribution in [-0.4, -0.2) is 0 Å². The molecule has 4 rings (SSSR count). The average Bonchev–Trinajstić information content (AvgIpc) is 3.49. The monoisotopic (exact) mass is 651 g/mol. The maximum absolute atomic E-state index is 5.74. The van der Waals surface area contributed by atoms with Crippen LogP contribution in [0.25, 0.3) is 0 Å². The van der Waals surface area contributed by atoms with E-state index in [1.54, 1.807) is 14.4 Å². The minimum absolute atomic E-state index is 0. The Morgan fingerprint density at radius 1 is 0.742 bits per heavy atom. The van der Waals surface area contributed by atoms with Crippen LogP contribution in [0.4, 0.5) is 0 Å². The number of rotatable bonds is 3. The fourth-order valence-corrected chi connectivity index (χ4v) is 7.83. The van der Waals surface area contributed by atoms with Gasteiger partial charge in [0.05, 0.1) is 0 Å². The number of halogens is 4. The minimum atomic E-state index is -1.96. The van der Waals surface area contributed by atoms with Crippen LogP contribution < -0.4 is 24.8 Å². The number of hydrogen-bond donors (Lipinski definition) is 0. The van der Waals surface area contributed by atoms with E-state index in [0.717, 1.165) is 19.3 Å². The third-order valence-corrected chi connectivity index (χ3v) is 13.3. The molecule has 0 amide bonds. The first-order chi connectivity index (χ1) is 13.8.